The van der Waals surface area contributed by atoms with E-state index in [9.17, 15) is 14.9 Å². The predicted octanol–water partition coefficient (Wildman–Crippen LogP) is 4.01. The molecule has 6 heteroatoms. The van der Waals surface area contributed by atoms with Gasteiger partial charge in [0.15, 0.2) is 0 Å². The fourth-order valence-electron chi connectivity index (χ4n) is 2.54. The number of nitro benzene ring substituents is 1. The minimum atomic E-state index is -0.485. The molecule has 1 N–H and O–H groups in total. The SMILES string of the molecule is Cc1cc(C(=O)Nc2cc([N+](=O)[O-])ccc2C)c2ccccc2n1. The third kappa shape index (κ3) is 2.94. The maximum Gasteiger partial charge on any atom is 0.271 e. The Bertz CT molecular complexity index is 967. The van der Waals surface area contributed by atoms with Crippen LogP contribution in [0.3, 0.4) is 0 Å². The first-order chi connectivity index (χ1) is 11.5. The lowest BCUT2D eigenvalue weighted by atomic mass is 10.1. The summed E-state index contributed by atoms with van der Waals surface area (Å²) in [5.41, 5.74) is 3.07. The van der Waals surface area contributed by atoms with E-state index in [0.717, 1.165) is 22.2 Å². The smallest absolute Gasteiger partial charge is 0.271 e. The zero-order valence-corrected chi connectivity index (χ0v) is 13.2. The van der Waals surface area contributed by atoms with Crippen LogP contribution in [0.5, 0.6) is 0 Å². The van der Waals surface area contributed by atoms with E-state index in [4.69, 9.17) is 0 Å². The average Bonchev–Trinajstić information content (AvgIpc) is 2.55. The van der Waals surface area contributed by atoms with Crippen molar-refractivity contribution in [2.75, 3.05) is 5.32 Å². The Morgan fingerprint density at radius 1 is 1.12 bits per heavy atom. The van der Waals surface area contributed by atoms with E-state index < -0.39 is 4.92 Å². The van der Waals surface area contributed by atoms with Gasteiger partial charge in [0, 0.05) is 23.2 Å². The lowest BCUT2D eigenvalue weighted by Crippen LogP contribution is -2.14. The molecule has 24 heavy (non-hydrogen) atoms. The molecule has 120 valence electrons. The molecule has 0 bridgehead atoms. The number of carbonyl (C=O) groups excluding carboxylic acids is 1. The third-order valence-electron chi connectivity index (χ3n) is 3.77. The standard InChI is InChI=1S/C18H15N3O3/c1-11-7-8-13(21(23)24)10-17(11)20-18(22)15-9-12(2)19-16-6-4-3-5-14(15)16/h3-10H,1-2H3,(H,20,22). The summed E-state index contributed by atoms with van der Waals surface area (Å²) in [5.74, 6) is -0.319. The van der Waals surface area contributed by atoms with Crippen molar-refractivity contribution in [2.24, 2.45) is 0 Å². The van der Waals surface area contributed by atoms with E-state index in [1.807, 2.05) is 31.2 Å². The lowest BCUT2D eigenvalue weighted by molar-refractivity contribution is -0.384. The summed E-state index contributed by atoms with van der Waals surface area (Å²) in [5, 5.41) is 14.4. The fraction of sp³-hybridized carbons (Fsp3) is 0.111. The molecule has 0 aliphatic carbocycles. The number of nitro groups is 1. The van der Waals surface area contributed by atoms with Crippen LogP contribution in [0.1, 0.15) is 21.6 Å². The van der Waals surface area contributed by atoms with Gasteiger partial charge in [0.05, 0.1) is 21.7 Å². The van der Waals surface area contributed by atoms with Crippen molar-refractivity contribution in [3.63, 3.8) is 0 Å². The van der Waals surface area contributed by atoms with Crippen molar-refractivity contribution in [1.29, 1.82) is 0 Å². The van der Waals surface area contributed by atoms with Gasteiger partial charge in [-0.05, 0) is 31.5 Å². The largest absolute Gasteiger partial charge is 0.321 e. The van der Waals surface area contributed by atoms with Gasteiger partial charge in [0.2, 0.25) is 0 Å². The molecule has 1 aromatic heterocycles. The van der Waals surface area contributed by atoms with Gasteiger partial charge in [-0.15, -0.1) is 0 Å². The van der Waals surface area contributed by atoms with Crippen molar-refractivity contribution >= 4 is 28.2 Å². The number of aromatic nitrogens is 1. The molecule has 0 fully saturated rings. The molecule has 0 atom stereocenters. The van der Waals surface area contributed by atoms with E-state index in [2.05, 4.69) is 10.3 Å². The highest BCUT2D eigenvalue weighted by Crippen LogP contribution is 2.24. The quantitative estimate of drug-likeness (QED) is 0.583. The van der Waals surface area contributed by atoms with Crippen LogP contribution in [0.15, 0.2) is 48.5 Å². The second-order valence-corrected chi connectivity index (χ2v) is 5.54. The number of hydrogen-bond donors (Lipinski definition) is 1. The first-order valence-electron chi connectivity index (χ1n) is 7.38. The molecule has 1 heterocycles. The van der Waals surface area contributed by atoms with Crippen LogP contribution in [-0.2, 0) is 0 Å². The van der Waals surface area contributed by atoms with Crippen LogP contribution < -0.4 is 5.32 Å². The molecule has 6 nitrogen and oxygen atoms in total. The maximum absolute atomic E-state index is 12.7. The third-order valence-corrected chi connectivity index (χ3v) is 3.77. The Labute approximate surface area is 138 Å². The zero-order chi connectivity index (χ0) is 17.3. The van der Waals surface area contributed by atoms with E-state index in [1.165, 1.54) is 12.1 Å². The van der Waals surface area contributed by atoms with Crippen LogP contribution in [0.4, 0.5) is 11.4 Å². The summed E-state index contributed by atoms with van der Waals surface area (Å²) >= 11 is 0. The molecule has 2 aromatic carbocycles. The number of para-hydroxylation sites is 1. The highest BCUT2D eigenvalue weighted by molar-refractivity contribution is 6.12. The topological polar surface area (TPSA) is 85.1 Å². The van der Waals surface area contributed by atoms with Crippen LogP contribution in [0, 0.1) is 24.0 Å². The number of anilines is 1. The number of benzene rings is 2. The number of rotatable bonds is 3. The molecule has 0 saturated carbocycles. The summed E-state index contributed by atoms with van der Waals surface area (Å²) < 4.78 is 0. The van der Waals surface area contributed by atoms with Gasteiger partial charge in [-0.2, -0.15) is 0 Å². The van der Waals surface area contributed by atoms with Crippen molar-refractivity contribution < 1.29 is 9.72 Å². The van der Waals surface area contributed by atoms with Gasteiger partial charge in [0.1, 0.15) is 0 Å². The Morgan fingerprint density at radius 2 is 1.88 bits per heavy atom. The minimum absolute atomic E-state index is 0.0633. The van der Waals surface area contributed by atoms with Crippen LogP contribution >= 0.6 is 0 Å². The van der Waals surface area contributed by atoms with Crippen molar-refractivity contribution in [3.05, 3.63) is 75.5 Å². The number of nitrogens with one attached hydrogen (secondary N) is 1. The first kappa shape index (κ1) is 15.6. The van der Waals surface area contributed by atoms with E-state index in [0.29, 0.717) is 11.3 Å². The van der Waals surface area contributed by atoms with Crippen LogP contribution in [-0.4, -0.2) is 15.8 Å². The van der Waals surface area contributed by atoms with Crippen LogP contribution in [0.2, 0.25) is 0 Å². The molecule has 0 saturated heterocycles. The molecule has 0 aliphatic rings. The number of non-ortho nitro benzene ring substituents is 1. The summed E-state index contributed by atoms with van der Waals surface area (Å²) in [6.07, 6.45) is 0. The molecule has 3 rings (SSSR count). The molecule has 0 radical (unpaired) electrons. The number of aryl methyl sites for hydroxylation is 2. The van der Waals surface area contributed by atoms with Gasteiger partial charge in [0.25, 0.3) is 11.6 Å². The molecule has 1 amide bonds. The van der Waals surface area contributed by atoms with E-state index in [-0.39, 0.29) is 11.6 Å². The number of amides is 1. The molecule has 3 aromatic rings. The molecule has 0 unspecified atom stereocenters. The second kappa shape index (κ2) is 6.08. The predicted molar refractivity (Wildman–Crippen MR) is 92.3 cm³/mol. The van der Waals surface area contributed by atoms with Crippen LogP contribution in [0.25, 0.3) is 10.9 Å². The summed E-state index contributed by atoms with van der Waals surface area (Å²) in [6.45, 7) is 3.61. The van der Waals surface area contributed by atoms with E-state index in [1.54, 1.807) is 19.1 Å². The highest BCUT2D eigenvalue weighted by Gasteiger charge is 2.15. The van der Waals surface area contributed by atoms with Crippen molar-refractivity contribution in [3.8, 4) is 0 Å². The Hall–Kier alpha value is -3.28. The Balaban J connectivity index is 2.02. The van der Waals surface area contributed by atoms with Gasteiger partial charge in [-0.1, -0.05) is 24.3 Å². The number of nitrogens with zero attached hydrogens (tertiary/aromatic N) is 2. The number of fused-ring (bicyclic) bond motifs is 1. The maximum atomic E-state index is 12.7. The van der Waals surface area contributed by atoms with Crippen molar-refractivity contribution in [1.82, 2.24) is 4.98 Å². The fourth-order valence-corrected chi connectivity index (χ4v) is 2.54. The van der Waals surface area contributed by atoms with Gasteiger partial charge < -0.3 is 5.32 Å². The second-order valence-electron chi connectivity index (χ2n) is 5.54. The molecular formula is C18H15N3O3. The number of hydrogen-bond acceptors (Lipinski definition) is 4. The minimum Gasteiger partial charge on any atom is -0.321 e. The van der Waals surface area contributed by atoms with Gasteiger partial charge >= 0.3 is 0 Å². The Kier molecular flexibility index (Phi) is 3.95. The monoisotopic (exact) mass is 321 g/mol. The zero-order valence-electron chi connectivity index (χ0n) is 13.2. The summed E-state index contributed by atoms with van der Waals surface area (Å²) in [4.78, 5) is 27.6. The first-order valence-corrected chi connectivity index (χ1v) is 7.38. The summed E-state index contributed by atoms with van der Waals surface area (Å²) in [6, 6.07) is 13.5. The Morgan fingerprint density at radius 3 is 2.62 bits per heavy atom. The van der Waals surface area contributed by atoms with Gasteiger partial charge in [-0.3, -0.25) is 19.9 Å². The molecular weight excluding hydrogens is 306 g/mol. The average molecular weight is 321 g/mol. The van der Waals surface area contributed by atoms with Gasteiger partial charge in [-0.25, -0.2) is 0 Å². The number of carbonyl (C=O) groups is 1. The van der Waals surface area contributed by atoms with E-state index >= 15 is 0 Å². The normalized spacial score (nSPS) is 10.6. The highest BCUT2D eigenvalue weighted by atomic mass is 16.6. The molecule has 0 spiro atoms. The molecule has 0 aliphatic heterocycles. The lowest BCUT2D eigenvalue weighted by Gasteiger charge is -2.11. The summed E-state index contributed by atoms with van der Waals surface area (Å²) in [7, 11) is 0. The number of pyridine rings is 1. The van der Waals surface area contributed by atoms with Crippen molar-refractivity contribution in [2.45, 2.75) is 13.8 Å².